The molecule has 0 fully saturated rings. The summed E-state index contributed by atoms with van der Waals surface area (Å²) in [4.78, 5) is 26.4. The molecule has 0 saturated carbocycles. The van der Waals surface area contributed by atoms with Gasteiger partial charge in [0, 0.05) is 12.5 Å². The lowest BCUT2D eigenvalue weighted by molar-refractivity contribution is -0.124. The van der Waals surface area contributed by atoms with Gasteiger partial charge in [-0.15, -0.1) is 0 Å². The van der Waals surface area contributed by atoms with Crippen LogP contribution in [0.1, 0.15) is 31.2 Å². The molecule has 1 atom stereocenters. The summed E-state index contributed by atoms with van der Waals surface area (Å²) < 4.78 is 5.61. The highest BCUT2D eigenvalue weighted by molar-refractivity contribution is 6.00. The predicted octanol–water partition coefficient (Wildman–Crippen LogP) is 3.11. The summed E-state index contributed by atoms with van der Waals surface area (Å²) in [6.07, 6.45) is 1.20. The zero-order valence-corrected chi connectivity index (χ0v) is 15.0. The van der Waals surface area contributed by atoms with Crippen molar-refractivity contribution in [2.75, 3.05) is 24.6 Å². The lowest BCUT2D eigenvalue weighted by atomic mass is 9.96. The SMILES string of the molecule is CCC(CNC(=O)CN1C(=O)CCOc2ccccc21)c1ccccc1. The maximum atomic E-state index is 12.5. The molecule has 5 heteroatoms. The quantitative estimate of drug-likeness (QED) is 0.869. The van der Waals surface area contributed by atoms with Gasteiger partial charge in [0.15, 0.2) is 0 Å². The largest absolute Gasteiger partial charge is 0.491 e. The molecule has 1 aliphatic heterocycles. The summed E-state index contributed by atoms with van der Waals surface area (Å²) in [5, 5.41) is 2.98. The lowest BCUT2D eigenvalue weighted by Gasteiger charge is -2.22. The first-order valence-corrected chi connectivity index (χ1v) is 9.03. The van der Waals surface area contributed by atoms with Crippen LogP contribution in [0.3, 0.4) is 0 Å². The number of carbonyl (C=O) groups excluding carboxylic acids is 2. The molecule has 0 spiro atoms. The van der Waals surface area contributed by atoms with Crippen LogP contribution < -0.4 is 15.0 Å². The van der Waals surface area contributed by atoms with E-state index in [9.17, 15) is 9.59 Å². The zero-order chi connectivity index (χ0) is 18.4. The molecule has 0 saturated heterocycles. The van der Waals surface area contributed by atoms with E-state index in [0.29, 0.717) is 24.6 Å². The Morgan fingerprint density at radius 3 is 2.65 bits per heavy atom. The van der Waals surface area contributed by atoms with Crippen LogP contribution in [0.4, 0.5) is 5.69 Å². The van der Waals surface area contributed by atoms with Crippen molar-refractivity contribution in [3.8, 4) is 5.75 Å². The van der Waals surface area contributed by atoms with E-state index in [1.54, 1.807) is 0 Å². The Kier molecular flexibility index (Phi) is 5.89. The third-order valence-corrected chi connectivity index (χ3v) is 4.64. The van der Waals surface area contributed by atoms with Gasteiger partial charge >= 0.3 is 0 Å². The molecule has 2 aromatic rings. The Balaban J connectivity index is 1.65. The van der Waals surface area contributed by atoms with Crippen molar-refractivity contribution in [3.05, 3.63) is 60.2 Å². The van der Waals surface area contributed by atoms with Crippen LogP contribution in [0.2, 0.25) is 0 Å². The number of carbonyl (C=O) groups is 2. The third kappa shape index (κ3) is 4.23. The molecule has 1 N–H and O–H groups in total. The molecule has 26 heavy (non-hydrogen) atoms. The van der Waals surface area contributed by atoms with Gasteiger partial charge in [0.05, 0.1) is 18.7 Å². The van der Waals surface area contributed by atoms with E-state index >= 15 is 0 Å². The van der Waals surface area contributed by atoms with E-state index in [0.717, 1.165) is 6.42 Å². The van der Waals surface area contributed by atoms with Gasteiger partial charge in [0.2, 0.25) is 11.8 Å². The Hall–Kier alpha value is -2.82. The molecule has 1 unspecified atom stereocenters. The topological polar surface area (TPSA) is 58.6 Å². The lowest BCUT2D eigenvalue weighted by Crippen LogP contribution is -2.41. The minimum absolute atomic E-state index is 0.00440. The summed E-state index contributed by atoms with van der Waals surface area (Å²) in [6, 6.07) is 17.5. The summed E-state index contributed by atoms with van der Waals surface area (Å²) >= 11 is 0. The molecule has 2 aromatic carbocycles. The Bertz CT molecular complexity index is 761. The standard InChI is InChI=1S/C21H24N2O3/c1-2-16(17-8-4-3-5-9-17)14-22-20(24)15-23-18-10-6-7-11-19(18)26-13-12-21(23)25/h3-11,16H,2,12-15H2,1H3,(H,22,24). The number of benzene rings is 2. The summed E-state index contributed by atoms with van der Waals surface area (Å²) in [5.74, 6) is 0.641. The second-order valence-corrected chi connectivity index (χ2v) is 6.37. The van der Waals surface area contributed by atoms with Crippen molar-refractivity contribution in [1.82, 2.24) is 5.32 Å². The molecule has 1 heterocycles. The van der Waals surface area contributed by atoms with Crippen LogP contribution in [0.5, 0.6) is 5.75 Å². The second kappa shape index (κ2) is 8.52. The summed E-state index contributed by atoms with van der Waals surface area (Å²) in [5.41, 5.74) is 1.86. The molecule has 1 aliphatic rings. The van der Waals surface area contributed by atoms with Gasteiger partial charge in [-0.2, -0.15) is 0 Å². The Morgan fingerprint density at radius 1 is 1.15 bits per heavy atom. The van der Waals surface area contributed by atoms with Crippen LogP contribution in [-0.4, -0.2) is 31.5 Å². The Morgan fingerprint density at radius 2 is 1.88 bits per heavy atom. The van der Waals surface area contributed by atoms with Crippen molar-refractivity contribution >= 4 is 17.5 Å². The van der Waals surface area contributed by atoms with Crippen LogP contribution in [-0.2, 0) is 9.59 Å². The molecule has 5 nitrogen and oxygen atoms in total. The molecule has 2 amide bonds. The Labute approximate surface area is 154 Å². The van der Waals surface area contributed by atoms with E-state index in [4.69, 9.17) is 4.74 Å². The van der Waals surface area contributed by atoms with Gasteiger partial charge in [-0.25, -0.2) is 0 Å². The molecule has 136 valence electrons. The number of nitrogens with one attached hydrogen (secondary N) is 1. The van der Waals surface area contributed by atoms with Crippen LogP contribution >= 0.6 is 0 Å². The highest BCUT2D eigenvalue weighted by Gasteiger charge is 2.25. The van der Waals surface area contributed by atoms with E-state index in [-0.39, 0.29) is 30.7 Å². The first-order chi connectivity index (χ1) is 12.7. The number of hydrogen-bond acceptors (Lipinski definition) is 3. The minimum Gasteiger partial charge on any atom is -0.491 e. The van der Waals surface area contributed by atoms with Crippen LogP contribution in [0, 0.1) is 0 Å². The summed E-state index contributed by atoms with van der Waals surface area (Å²) in [6.45, 7) is 3.00. The molecular weight excluding hydrogens is 328 g/mol. The van der Waals surface area contributed by atoms with Crippen molar-refractivity contribution < 1.29 is 14.3 Å². The maximum absolute atomic E-state index is 12.5. The molecule has 0 aliphatic carbocycles. The highest BCUT2D eigenvalue weighted by atomic mass is 16.5. The fourth-order valence-corrected chi connectivity index (χ4v) is 3.15. The average Bonchev–Trinajstić information content (AvgIpc) is 2.82. The first-order valence-electron chi connectivity index (χ1n) is 9.03. The number of anilines is 1. The molecule has 0 aromatic heterocycles. The first kappa shape index (κ1) is 18.0. The number of nitrogens with zero attached hydrogens (tertiary/aromatic N) is 1. The van der Waals surface area contributed by atoms with Crippen molar-refractivity contribution in [3.63, 3.8) is 0 Å². The van der Waals surface area contributed by atoms with E-state index in [2.05, 4.69) is 24.4 Å². The minimum atomic E-state index is -0.163. The van der Waals surface area contributed by atoms with Gasteiger partial charge < -0.3 is 10.1 Å². The number of ether oxygens (including phenoxy) is 1. The molecular formula is C21H24N2O3. The van der Waals surface area contributed by atoms with Crippen LogP contribution in [0.25, 0.3) is 0 Å². The fourth-order valence-electron chi connectivity index (χ4n) is 3.15. The predicted molar refractivity (Wildman–Crippen MR) is 101 cm³/mol. The number of hydrogen-bond donors (Lipinski definition) is 1. The van der Waals surface area contributed by atoms with Gasteiger partial charge in [-0.05, 0) is 24.1 Å². The highest BCUT2D eigenvalue weighted by Crippen LogP contribution is 2.30. The van der Waals surface area contributed by atoms with Crippen molar-refractivity contribution in [1.29, 1.82) is 0 Å². The molecule has 0 bridgehead atoms. The molecule has 0 radical (unpaired) electrons. The normalized spacial score (nSPS) is 14.8. The summed E-state index contributed by atoms with van der Waals surface area (Å²) in [7, 11) is 0. The fraction of sp³-hybridized carbons (Fsp3) is 0.333. The van der Waals surface area contributed by atoms with Crippen molar-refractivity contribution in [2.24, 2.45) is 0 Å². The van der Waals surface area contributed by atoms with Gasteiger partial charge in [0.1, 0.15) is 12.3 Å². The molecule has 3 rings (SSSR count). The van der Waals surface area contributed by atoms with Crippen molar-refractivity contribution in [2.45, 2.75) is 25.7 Å². The smallest absolute Gasteiger partial charge is 0.240 e. The monoisotopic (exact) mass is 352 g/mol. The number of para-hydroxylation sites is 2. The average molecular weight is 352 g/mol. The third-order valence-electron chi connectivity index (χ3n) is 4.64. The number of fused-ring (bicyclic) bond motifs is 1. The van der Waals surface area contributed by atoms with E-state index < -0.39 is 0 Å². The second-order valence-electron chi connectivity index (χ2n) is 6.37. The number of amides is 2. The van der Waals surface area contributed by atoms with Gasteiger partial charge in [0.25, 0.3) is 0 Å². The zero-order valence-electron chi connectivity index (χ0n) is 15.0. The van der Waals surface area contributed by atoms with E-state index in [1.807, 2.05) is 42.5 Å². The number of rotatable bonds is 6. The van der Waals surface area contributed by atoms with Crippen LogP contribution in [0.15, 0.2) is 54.6 Å². The maximum Gasteiger partial charge on any atom is 0.240 e. The van der Waals surface area contributed by atoms with Gasteiger partial charge in [-0.3, -0.25) is 14.5 Å². The van der Waals surface area contributed by atoms with E-state index in [1.165, 1.54) is 10.5 Å². The van der Waals surface area contributed by atoms with Gasteiger partial charge in [-0.1, -0.05) is 49.4 Å².